The van der Waals surface area contributed by atoms with E-state index >= 15 is 0 Å². The maximum absolute atomic E-state index is 13.5. The molecule has 34 heavy (non-hydrogen) atoms. The molecule has 1 heterocycles. The fourth-order valence-electron chi connectivity index (χ4n) is 3.63. The average Bonchev–Trinajstić information content (AvgIpc) is 2.83. The number of aryl methyl sites for hydroxylation is 1. The van der Waals surface area contributed by atoms with Crippen molar-refractivity contribution in [3.63, 3.8) is 0 Å². The van der Waals surface area contributed by atoms with Gasteiger partial charge in [0.1, 0.15) is 5.82 Å². The summed E-state index contributed by atoms with van der Waals surface area (Å²) in [5.74, 6) is -1.20. The zero-order valence-electron chi connectivity index (χ0n) is 18.7. The van der Waals surface area contributed by atoms with E-state index in [1.807, 2.05) is 55.5 Å². The molecule has 0 saturated carbocycles. The van der Waals surface area contributed by atoms with E-state index in [-0.39, 0.29) is 12.2 Å². The van der Waals surface area contributed by atoms with Crippen LogP contribution in [-0.2, 0) is 6.54 Å². The number of rotatable bonds is 6. The van der Waals surface area contributed by atoms with Crippen molar-refractivity contribution in [2.24, 2.45) is 0 Å². The van der Waals surface area contributed by atoms with E-state index in [0.29, 0.717) is 0 Å². The molecule has 0 spiro atoms. The van der Waals surface area contributed by atoms with Gasteiger partial charge >= 0.3 is 5.69 Å². The van der Waals surface area contributed by atoms with Crippen LogP contribution in [0.1, 0.15) is 40.1 Å². The van der Waals surface area contributed by atoms with Gasteiger partial charge in [-0.1, -0.05) is 60.2 Å². The van der Waals surface area contributed by atoms with Crippen LogP contribution in [0.2, 0.25) is 0 Å². The lowest BCUT2D eigenvalue weighted by Gasteiger charge is -2.16. The van der Waals surface area contributed by atoms with Gasteiger partial charge in [0, 0.05) is 0 Å². The quantitative estimate of drug-likeness (QED) is 0.480. The van der Waals surface area contributed by atoms with Crippen LogP contribution in [0.5, 0.6) is 0 Å². The van der Waals surface area contributed by atoms with Crippen LogP contribution in [0.3, 0.4) is 0 Å². The maximum atomic E-state index is 13.5. The topological polar surface area (TPSA) is 86.0 Å². The molecule has 0 aliphatic rings. The molecule has 0 bridgehead atoms. The molecular weight excluding hydrogens is 435 g/mol. The van der Waals surface area contributed by atoms with Crippen molar-refractivity contribution >= 4 is 5.91 Å². The average molecular weight is 458 g/mol. The number of hydrogen-bond donors (Lipinski definition) is 1. The van der Waals surface area contributed by atoms with Crippen molar-refractivity contribution < 1.29 is 9.18 Å². The molecule has 4 rings (SSSR count). The largest absolute Gasteiger partial charge is 0.352 e. The smallest absolute Gasteiger partial charge is 0.344 e. The highest BCUT2D eigenvalue weighted by atomic mass is 19.1. The molecule has 1 unspecified atom stereocenters. The van der Waals surface area contributed by atoms with Gasteiger partial charge in [0.15, 0.2) is 0 Å². The zero-order valence-corrected chi connectivity index (χ0v) is 18.7. The summed E-state index contributed by atoms with van der Waals surface area (Å²) in [4.78, 5) is 39.6. The van der Waals surface area contributed by atoms with Gasteiger partial charge in [0.25, 0.3) is 11.5 Å². The third-order valence-electron chi connectivity index (χ3n) is 5.42. The van der Waals surface area contributed by atoms with Crippen molar-refractivity contribution in [1.29, 1.82) is 0 Å². The Morgan fingerprint density at radius 3 is 2.38 bits per heavy atom. The number of benzene rings is 3. The van der Waals surface area contributed by atoms with Crippen molar-refractivity contribution in [2.75, 3.05) is 0 Å². The van der Waals surface area contributed by atoms with Crippen LogP contribution in [0.25, 0.3) is 5.69 Å². The first-order valence-electron chi connectivity index (χ1n) is 10.7. The number of aromatic nitrogens is 3. The monoisotopic (exact) mass is 458 g/mol. The molecular formula is C26H23FN4O3. The summed E-state index contributed by atoms with van der Waals surface area (Å²) in [6, 6.07) is 21.3. The Bertz CT molecular complexity index is 1440. The number of carbonyl (C=O) groups excluding carboxylic acids is 1. The lowest BCUT2D eigenvalue weighted by Crippen LogP contribution is -2.46. The summed E-state index contributed by atoms with van der Waals surface area (Å²) in [6.07, 6.45) is 0. The Morgan fingerprint density at radius 2 is 1.71 bits per heavy atom. The molecule has 1 amide bonds. The number of carbonyl (C=O) groups is 1. The molecule has 0 radical (unpaired) electrons. The third kappa shape index (κ3) is 4.85. The van der Waals surface area contributed by atoms with Gasteiger partial charge in [-0.05, 0) is 49.2 Å². The summed E-state index contributed by atoms with van der Waals surface area (Å²) < 4.78 is 15.4. The molecule has 172 valence electrons. The number of nitrogens with zero attached hydrogens (tertiary/aromatic N) is 3. The van der Waals surface area contributed by atoms with Crippen molar-refractivity contribution in [2.45, 2.75) is 26.4 Å². The molecule has 1 aromatic heterocycles. The van der Waals surface area contributed by atoms with Crippen LogP contribution in [0.4, 0.5) is 4.39 Å². The first kappa shape index (κ1) is 22.8. The minimum atomic E-state index is -0.803. The fourth-order valence-corrected chi connectivity index (χ4v) is 3.63. The zero-order chi connectivity index (χ0) is 24.2. The van der Waals surface area contributed by atoms with E-state index in [1.165, 1.54) is 24.3 Å². The summed E-state index contributed by atoms with van der Waals surface area (Å²) in [5, 5.41) is 6.85. The highest BCUT2D eigenvalue weighted by Crippen LogP contribution is 2.12. The van der Waals surface area contributed by atoms with E-state index < -0.39 is 34.7 Å². The molecule has 4 aromatic rings. The summed E-state index contributed by atoms with van der Waals surface area (Å²) >= 11 is 0. The highest BCUT2D eigenvalue weighted by Gasteiger charge is 2.22. The SMILES string of the molecule is Cc1cccc(Cn2c(=O)c(C(=O)NC(C)c3ccccc3)nn(-c3ccc(F)cc3)c2=O)c1. The predicted molar refractivity (Wildman–Crippen MR) is 127 cm³/mol. The molecule has 0 aliphatic heterocycles. The van der Waals surface area contributed by atoms with Crippen LogP contribution in [-0.4, -0.2) is 20.3 Å². The van der Waals surface area contributed by atoms with Crippen LogP contribution in [0, 0.1) is 12.7 Å². The normalized spacial score (nSPS) is 11.7. The number of halogens is 1. The molecule has 1 N–H and O–H groups in total. The van der Waals surface area contributed by atoms with E-state index in [4.69, 9.17) is 0 Å². The summed E-state index contributed by atoms with van der Waals surface area (Å²) in [7, 11) is 0. The van der Waals surface area contributed by atoms with E-state index in [0.717, 1.165) is 25.9 Å². The molecule has 0 fully saturated rings. The minimum Gasteiger partial charge on any atom is -0.344 e. The second-order valence-electron chi connectivity index (χ2n) is 8.01. The van der Waals surface area contributed by atoms with E-state index in [9.17, 15) is 18.8 Å². The molecule has 0 aliphatic carbocycles. The molecule has 0 saturated heterocycles. The first-order valence-corrected chi connectivity index (χ1v) is 10.7. The number of amides is 1. The molecule has 3 aromatic carbocycles. The Balaban J connectivity index is 1.81. The van der Waals surface area contributed by atoms with Crippen molar-refractivity contribution in [3.8, 4) is 5.69 Å². The van der Waals surface area contributed by atoms with Gasteiger partial charge in [-0.2, -0.15) is 9.78 Å². The first-order chi connectivity index (χ1) is 16.3. The lowest BCUT2D eigenvalue weighted by atomic mass is 10.1. The Labute approximate surface area is 195 Å². The van der Waals surface area contributed by atoms with Crippen LogP contribution < -0.4 is 16.6 Å². The Morgan fingerprint density at radius 1 is 1.00 bits per heavy atom. The third-order valence-corrected chi connectivity index (χ3v) is 5.42. The lowest BCUT2D eigenvalue weighted by molar-refractivity contribution is 0.0930. The number of hydrogen-bond acceptors (Lipinski definition) is 4. The van der Waals surface area contributed by atoms with Gasteiger partial charge in [-0.25, -0.2) is 9.18 Å². The molecule has 8 heteroatoms. The highest BCUT2D eigenvalue weighted by molar-refractivity contribution is 5.92. The summed E-state index contributed by atoms with van der Waals surface area (Å²) in [5.41, 5.74) is 0.804. The van der Waals surface area contributed by atoms with Crippen LogP contribution in [0.15, 0.2) is 88.5 Å². The second-order valence-corrected chi connectivity index (χ2v) is 8.01. The molecule has 7 nitrogen and oxygen atoms in total. The summed E-state index contributed by atoms with van der Waals surface area (Å²) in [6.45, 7) is 3.64. The van der Waals surface area contributed by atoms with Gasteiger partial charge in [-0.3, -0.25) is 14.2 Å². The second kappa shape index (κ2) is 9.66. The maximum Gasteiger partial charge on any atom is 0.352 e. The van der Waals surface area contributed by atoms with Gasteiger partial charge in [0.2, 0.25) is 5.69 Å². The standard InChI is InChI=1S/C26H23FN4O3/c1-17-7-6-8-19(15-17)16-30-25(33)23(24(32)28-18(2)20-9-4-3-5-10-20)29-31(26(30)34)22-13-11-21(27)12-14-22/h3-15,18H,16H2,1-2H3,(H,28,32). The number of nitrogens with one attached hydrogen (secondary N) is 1. The van der Waals surface area contributed by atoms with Gasteiger partial charge < -0.3 is 5.32 Å². The van der Waals surface area contributed by atoms with Crippen LogP contribution >= 0.6 is 0 Å². The van der Waals surface area contributed by atoms with Crippen molar-refractivity contribution in [1.82, 2.24) is 19.7 Å². The fraction of sp³-hybridized carbons (Fsp3) is 0.154. The van der Waals surface area contributed by atoms with E-state index in [2.05, 4.69) is 10.4 Å². The predicted octanol–water partition coefficient (Wildman–Crippen LogP) is 3.38. The van der Waals surface area contributed by atoms with Gasteiger partial charge in [0.05, 0.1) is 18.3 Å². The minimum absolute atomic E-state index is 0.0441. The Hall–Kier alpha value is -4.33. The molecule has 1 atom stereocenters. The van der Waals surface area contributed by atoms with Gasteiger partial charge in [-0.15, -0.1) is 0 Å². The Kier molecular flexibility index (Phi) is 6.49. The van der Waals surface area contributed by atoms with E-state index in [1.54, 1.807) is 13.0 Å². The van der Waals surface area contributed by atoms with Crippen molar-refractivity contribution in [3.05, 3.63) is 128 Å².